The summed E-state index contributed by atoms with van der Waals surface area (Å²) in [5.74, 6) is 0.0957. The van der Waals surface area contributed by atoms with Crippen molar-refractivity contribution >= 4 is 5.91 Å². The molecular weight excluding hydrogens is 280 g/mol. The van der Waals surface area contributed by atoms with Crippen molar-refractivity contribution in [1.82, 2.24) is 10.2 Å². The number of ether oxygens (including phenoxy) is 1. The van der Waals surface area contributed by atoms with E-state index >= 15 is 0 Å². The number of aliphatic hydroxyl groups is 1. The average Bonchev–Trinajstić information content (AvgIpc) is 2.47. The van der Waals surface area contributed by atoms with E-state index in [1.54, 1.807) is 0 Å². The molecule has 2 rings (SSSR count). The van der Waals surface area contributed by atoms with Crippen LogP contribution >= 0.6 is 0 Å². The zero-order chi connectivity index (χ0) is 16.4. The molecule has 2 aliphatic rings. The van der Waals surface area contributed by atoms with Gasteiger partial charge in [0.1, 0.15) is 0 Å². The fraction of sp³-hybridized carbons (Fsp3) is 0.941. The van der Waals surface area contributed by atoms with E-state index in [1.807, 2.05) is 20.8 Å². The number of carbonyl (C=O) groups excluding carboxylic acids is 1. The minimum atomic E-state index is -0.237. The Morgan fingerprint density at radius 3 is 2.50 bits per heavy atom. The third kappa shape index (κ3) is 3.63. The summed E-state index contributed by atoms with van der Waals surface area (Å²) < 4.78 is 5.78. The van der Waals surface area contributed by atoms with Crippen molar-refractivity contribution in [3.63, 3.8) is 0 Å². The molecule has 1 saturated heterocycles. The van der Waals surface area contributed by atoms with Gasteiger partial charge in [0.25, 0.3) is 0 Å². The number of carbonyl (C=O) groups is 1. The van der Waals surface area contributed by atoms with E-state index in [9.17, 15) is 9.90 Å². The van der Waals surface area contributed by atoms with Gasteiger partial charge in [0.05, 0.1) is 18.8 Å². The van der Waals surface area contributed by atoms with Crippen molar-refractivity contribution in [3.8, 4) is 0 Å². The van der Waals surface area contributed by atoms with E-state index in [0.29, 0.717) is 13.2 Å². The van der Waals surface area contributed by atoms with Gasteiger partial charge < -0.3 is 15.2 Å². The first-order valence-corrected chi connectivity index (χ1v) is 8.66. The van der Waals surface area contributed by atoms with Crippen molar-refractivity contribution in [3.05, 3.63) is 0 Å². The molecule has 22 heavy (non-hydrogen) atoms. The standard InChI is InChI=1S/C17H32N2O3/c1-5-16(3,4)18-15(21)12-19-9-7-17(8-10-19)13(20)11-14(17)22-6-2/h13-14,20H,5-12H2,1-4H3,(H,18,21). The molecule has 1 aliphatic carbocycles. The van der Waals surface area contributed by atoms with Crippen molar-refractivity contribution < 1.29 is 14.6 Å². The average molecular weight is 312 g/mol. The first-order chi connectivity index (χ1) is 10.3. The van der Waals surface area contributed by atoms with E-state index < -0.39 is 0 Å². The number of amides is 1. The summed E-state index contributed by atoms with van der Waals surface area (Å²) in [7, 11) is 0. The van der Waals surface area contributed by atoms with Crippen LogP contribution in [0.1, 0.15) is 53.4 Å². The fourth-order valence-electron chi connectivity index (χ4n) is 3.65. The second-order valence-corrected chi connectivity index (χ2v) is 7.49. The Balaban J connectivity index is 1.81. The summed E-state index contributed by atoms with van der Waals surface area (Å²) >= 11 is 0. The summed E-state index contributed by atoms with van der Waals surface area (Å²) in [6.07, 6.45) is 3.48. The Morgan fingerprint density at radius 2 is 2.00 bits per heavy atom. The molecule has 2 atom stereocenters. The smallest absolute Gasteiger partial charge is 0.234 e. The van der Waals surface area contributed by atoms with Gasteiger partial charge in [-0.2, -0.15) is 0 Å². The number of likely N-dealkylation sites (tertiary alicyclic amines) is 1. The molecule has 5 nitrogen and oxygen atoms in total. The van der Waals surface area contributed by atoms with E-state index in [2.05, 4.69) is 17.1 Å². The highest BCUT2D eigenvalue weighted by molar-refractivity contribution is 5.78. The summed E-state index contributed by atoms with van der Waals surface area (Å²) in [5.41, 5.74) is -0.204. The second-order valence-electron chi connectivity index (χ2n) is 7.49. The Hall–Kier alpha value is -0.650. The lowest BCUT2D eigenvalue weighted by Gasteiger charge is -2.56. The maximum Gasteiger partial charge on any atom is 0.234 e. The lowest BCUT2D eigenvalue weighted by Crippen LogP contribution is -2.62. The highest BCUT2D eigenvalue weighted by atomic mass is 16.5. The molecule has 0 aromatic rings. The number of rotatable bonds is 6. The molecule has 2 N–H and O–H groups in total. The number of aliphatic hydroxyl groups excluding tert-OH is 1. The number of piperidine rings is 1. The van der Waals surface area contributed by atoms with Crippen LogP contribution in [0.2, 0.25) is 0 Å². The van der Waals surface area contributed by atoms with Gasteiger partial charge in [0.2, 0.25) is 5.91 Å². The minimum absolute atomic E-state index is 0.0638. The summed E-state index contributed by atoms with van der Waals surface area (Å²) in [6, 6.07) is 0. The predicted molar refractivity (Wildman–Crippen MR) is 86.7 cm³/mol. The van der Waals surface area contributed by atoms with E-state index in [-0.39, 0.29) is 29.1 Å². The molecule has 1 spiro atoms. The quantitative estimate of drug-likeness (QED) is 0.781. The predicted octanol–water partition coefficient (Wildman–Crippen LogP) is 1.54. The monoisotopic (exact) mass is 312 g/mol. The van der Waals surface area contributed by atoms with Crippen LogP contribution in [-0.2, 0) is 9.53 Å². The van der Waals surface area contributed by atoms with Crippen LogP contribution in [0.3, 0.4) is 0 Å². The molecule has 2 fully saturated rings. The molecule has 1 amide bonds. The zero-order valence-corrected chi connectivity index (χ0v) is 14.5. The van der Waals surface area contributed by atoms with Crippen LogP contribution in [-0.4, -0.2) is 59.9 Å². The first-order valence-electron chi connectivity index (χ1n) is 8.66. The van der Waals surface area contributed by atoms with Crippen LogP contribution in [0.25, 0.3) is 0 Å². The molecule has 0 aromatic carbocycles. The Morgan fingerprint density at radius 1 is 1.36 bits per heavy atom. The molecule has 128 valence electrons. The lowest BCUT2D eigenvalue weighted by atomic mass is 9.58. The molecule has 0 radical (unpaired) electrons. The van der Waals surface area contributed by atoms with Crippen LogP contribution in [0.15, 0.2) is 0 Å². The maximum absolute atomic E-state index is 12.1. The maximum atomic E-state index is 12.1. The zero-order valence-electron chi connectivity index (χ0n) is 14.5. The SMILES string of the molecule is CCOC1CC(O)C12CCN(CC(=O)NC(C)(C)CC)CC2. The van der Waals surface area contributed by atoms with E-state index in [0.717, 1.165) is 38.8 Å². The summed E-state index contributed by atoms with van der Waals surface area (Å²) in [6.45, 7) is 11.1. The van der Waals surface area contributed by atoms with Crippen molar-refractivity contribution in [2.24, 2.45) is 5.41 Å². The highest BCUT2D eigenvalue weighted by Crippen LogP contribution is 2.50. The Labute approximate surface area is 134 Å². The topological polar surface area (TPSA) is 61.8 Å². The highest BCUT2D eigenvalue weighted by Gasteiger charge is 2.55. The first kappa shape index (κ1) is 17.7. The summed E-state index contributed by atoms with van der Waals surface area (Å²) in [5, 5.41) is 13.3. The van der Waals surface area contributed by atoms with Gasteiger partial charge in [0.15, 0.2) is 0 Å². The van der Waals surface area contributed by atoms with Gasteiger partial charge in [0, 0.05) is 24.0 Å². The molecule has 1 saturated carbocycles. The molecule has 5 heteroatoms. The van der Waals surface area contributed by atoms with Gasteiger partial charge in [-0.1, -0.05) is 6.92 Å². The van der Waals surface area contributed by atoms with Crippen LogP contribution in [0.4, 0.5) is 0 Å². The Bertz CT molecular complexity index is 387. The number of nitrogens with zero attached hydrogens (tertiary/aromatic N) is 1. The molecule has 1 aliphatic heterocycles. The minimum Gasteiger partial charge on any atom is -0.392 e. The molecule has 1 heterocycles. The van der Waals surface area contributed by atoms with E-state index in [4.69, 9.17) is 4.74 Å². The van der Waals surface area contributed by atoms with Crippen molar-refractivity contribution in [2.45, 2.75) is 71.1 Å². The number of nitrogens with one attached hydrogen (secondary N) is 1. The van der Waals surface area contributed by atoms with Crippen LogP contribution < -0.4 is 5.32 Å². The fourth-order valence-corrected chi connectivity index (χ4v) is 3.65. The molecule has 0 aromatic heterocycles. The lowest BCUT2D eigenvalue weighted by molar-refractivity contribution is -0.209. The Kier molecular flexibility index (Phi) is 5.51. The molecule has 2 unspecified atom stereocenters. The van der Waals surface area contributed by atoms with Gasteiger partial charge in [-0.15, -0.1) is 0 Å². The third-order valence-electron chi connectivity index (χ3n) is 5.63. The van der Waals surface area contributed by atoms with Gasteiger partial charge in [-0.05, 0) is 53.1 Å². The second kappa shape index (κ2) is 6.85. The third-order valence-corrected chi connectivity index (χ3v) is 5.63. The van der Waals surface area contributed by atoms with E-state index in [1.165, 1.54) is 0 Å². The number of hydrogen-bond donors (Lipinski definition) is 2. The molecule has 0 bridgehead atoms. The normalized spacial score (nSPS) is 28.4. The number of hydrogen-bond acceptors (Lipinski definition) is 4. The molecular formula is C17H32N2O3. The van der Waals surface area contributed by atoms with Gasteiger partial charge >= 0.3 is 0 Å². The summed E-state index contributed by atoms with van der Waals surface area (Å²) in [4.78, 5) is 14.3. The van der Waals surface area contributed by atoms with Gasteiger partial charge in [-0.3, -0.25) is 9.69 Å². The van der Waals surface area contributed by atoms with Crippen LogP contribution in [0, 0.1) is 5.41 Å². The van der Waals surface area contributed by atoms with Crippen LogP contribution in [0.5, 0.6) is 0 Å². The van der Waals surface area contributed by atoms with Crippen molar-refractivity contribution in [1.29, 1.82) is 0 Å². The van der Waals surface area contributed by atoms with Gasteiger partial charge in [-0.25, -0.2) is 0 Å². The van der Waals surface area contributed by atoms with Crippen molar-refractivity contribution in [2.75, 3.05) is 26.2 Å². The largest absolute Gasteiger partial charge is 0.392 e.